The van der Waals surface area contributed by atoms with Crippen molar-refractivity contribution in [2.24, 2.45) is 0 Å². The molecule has 1 amide bonds. The molecular weight excluding hydrogens is 328 g/mol. The quantitative estimate of drug-likeness (QED) is 0.768. The number of amides is 1. The van der Waals surface area contributed by atoms with Crippen LogP contribution in [0, 0.1) is 6.92 Å². The summed E-state index contributed by atoms with van der Waals surface area (Å²) >= 11 is 0. The molecule has 5 nitrogen and oxygen atoms in total. The fraction of sp³-hybridized carbons (Fsp3) is 0.238. The first-order chi connectivity index (χ1) is 12.5. The van der Waals surface area contributed by atoms with Gasteiger partial charge in [0.25, 0.3) is 5.91 Å². The zero-order valence-electron chi connectivity index (χ0n) is 15.2. The van der Waals surface area contributed by atoms with E-state index in [1.165, 1.54) is 11.6 Å². The van der Waals surface area contributed by atoms with Crippen molar-refractivity contribution < 1.29 is 9.21 Å². The number of hydrogen-bond acceptors (Lipinski definition) is 4. The molecule has 0 aliphatic rings. The minimum atomic E-state index is -0.396. The molecule has 0 fully saturated rings. The number of carbonyl (C=O) groups is 1. The molecule has 3 rings (SSSR count). The van der Waals surface area contributed by atoms with Crippen molar-refractivity contribution in [3.63, 3.8) is 0 Å². The van der Waals surface area contributed by atoms with Crippen molar-refractivity contribution in [2.45, 2.75) is 13.0 Å². The average molecular weight is 350 g/mol. The average Bonchev–Trinajstić information content (AvgIpc) is 2.63. The fourth-order valence-electron chi connectivity index (χ4n) is 2.88. The Morgan fingerprint density at radius 2 is 1.81 bits per heavy atom. The van der Waals surface area contributed by atoms with Crippen LogP contribution in [0.1, 0.15) is 27.7 Å². The minimum Gasteiger partial charge on any atom is -0.451 e. The Morgan fingerprint density at radius 1 is 1.12 bits per heavy atom. The lowest BCUT2D eigenvalue weighted by Gasteiger charge is -2.25. The van der Waals surface area contributed by atoms with Crippen molar-refractivity contribution >= 4 is 16.9 Å². The number of fused-ring (bicyclic) bond motifs is 1. The second-order valence-electron chi connectivity index (χ2n) is 6.57. The number of rotatable bonds is 5. The SMILES string of the molecule is Cc1ccc(C(CNC(=O)c2cc(=O)c3ccccc3o2)N(C)C)cc1. The summed E-state index contributed by atoms with van der Waals surface area (Å²) in [5, 5.41) is 3.34. The van der Waals surface area contributed by atoms with Gasteiger partial charge in [0.1, 0.15) is 5.58 Å². The van der Waals surface area contributed by atoms with E-state index in [1.54, 1.807) is 24.3 Å². The lowest BCUT2D eigenvalue weighted by Crippen LogP contribution is -2.34. The van der Waals surface area contributed by atoms with Crippen molar-refractivity contribution in [3.05, 3.63) is 81.7 Å². The van der Waals surface area contributed by atoms with E-state index in [1.807, 2.05) is 25.9 Å². The zero-order valence-corrected chi connectivity index (χ0v) is 15.2. The number of likely N-dealkylation sites (N-methyl/N-ethyl adjacent to an activating group) is 1. The van der Waals surface area contributed by atoms with Gasteiger partial charge < -0.3 is 14.6 Å². The van der Waals surface area contributed by atoms with E-state index >= 15 is 0 Å². The van der Waals surface area contributed by atoms with Crippen LogP contribution in [0.25, 0.3) is 11.0 Å². The molecule has 3 aromatic rings. The molecule has 1 N–H and O–H groups in total. The lowest BCUT2D eigenvalue weighted by atomic mass is 10.0. The highest BCUT2D eigenvalue weighted by Crippen LogP contribution is 2.18. The minimum absolute atomic E-state index is 0.0201. The highest BCUT2D eigenvalue weighted by Gasteiger charge is 2.17. The third kappa shape index (κ3) is 3.83. The number of benzene rings is 2. The van der Waals surface area contributed by atoms with Gasteiger partial charge in [0.2, 0.25) is 0 Å². The molecule has 1 atom stereocenters. The molecule has 26 heavy (non-hydrogen) atoms. The van der Waals surface area contributed by atoms with Gasteiger partial charge in [-0.3, -0.25) is 9.59 Å². The summed E-state index contributed by atoms with van der Waals surface area (Å²) in [6, 6.07) is 16.4. The monoisotopic (exact) mass is 350 g/mol. The predicted octanol–water partition coefficient (Wildman–Crippen LogP) is 3.13. The van der Waals surface area contributed by atoms with Gasteiger partial charge >= 0.3 is 0 Å². The van der Waals surface area contributed by atoms with Gasteiger partial charge in [-0.2, -0.15) is 0 Å². The summed E-state index contributed by atoms with van der Waals surface area (Å²) < 4.78 is 5.59. The molecule has 1 unspecified atom stereocenters. The molecule has 5 heteroatoms. The maximum absolute atomic E-state index is 12.5. The molecule has 1 heterocycles. The summed E-state index contributed by atoms with van der Waals surface area (Å²) in [4.78, 5) is 26.7. The number of carbonyl (C=O) groups excluding carboxylic acids is 1. The topological polar surface area (TPSA) is 62.6 Å². The molecule has 1 aromatic heterocycles. The van der Waals surface area contributed by atoms with Crippen LogP contribution >= 0.6 is 0 Å². The highest BCUT2D eigenvalue weighted by atomic mass is 16.3. The van der Waals surface area contributed by atoms with Crippen LogP contribution in [0.2, 0.25) is 0 Å². The number of para-hydroxylation sites is 1. The third-order valence-corrected chi connectivity index (χ3v) is 4.40. The van der Waals surface area contributed by atoms with E-state index in [-0.39, 0.29) is 17.2 Å². The Hall–Kier alpha value is -2.92. The van der Waals surface area contributed by atoms with E-state index in [0.717, 1.165) is 5.56 Å². The Kier molecular flexibility index (Phi) is 5.19. The van der Waals surface area contributed by atoms with E-state index in [9.17, 15) is 9.59 Å². The number of hydrogen-bond donors (Lipinski definition) is 1. The Morgan fingerprint density at radius 3 is 2.50 bits per heavy atom. The summed E-state index contributed by atoms with van der Waals surface area (Å²) in [7, 11) is 3.93. The largest absolute Gasteiger partial charge is 0.451 e. The smallest absolute Gasteiger partial charge is 0.287 e. The number of nitrogens with one attached hydrogen (secondary N) is 1. The van der Waals surface area contributed by atoms with Gasteiger partial charge in [0.15, 0.2) is 11.2 Å². The molecular formula is C21H22N2O3. The van der Waals surface area contributed by atoms with Crippen molar-refractivity contribution in [1.29, 1.82) is 0 Å². The second kappa shape index (κ2) is 7.54. The Bertz CT molecular complexity index is 974. The first-order valence-corrected chi connectivity index (χ1v) is 8.50. The highest BCUT2D eigenvalue weighted by molar-refractivity contribution is 5.93. The van der Waals surface area contributed by atoms with E-state index in [0.29, 0.717) is 17.5 Å². The van der Waals surface area contributed by atoms with Gasteiger partial charge in [-0.25, -0.2) is 0 Å². The first-order valence-electron chi connectivity index (χ1n) is 8.50. The molecule has 0 saturated heterocycles. The Balaban J connectivity index is 1.78. The van der Waals surface area contributed by atoms with Gasteiger partial charge in [0.05, 0.1) is 11.4 Å². The molecule has 0 spiro atoms. The summed E-state index contributed by atoms with van der Waals surface area (Å²) in [6.45, 7) is 2.45. The molecule has 0 radical (unpaired) electrons. The van der Waals surface area contributed by atoms with Crippen molar-refractivity contribution in [3.8, 4) is 0 Å². The van der Waals surface area contributed by atoms with Gasteiger partial charge in [-0.05, 0) is 38.7 Å². The summed E-state index contributed by atoms with van der Waals surface area (Å²) in [6.07, 6.45) is 0. The third-order valence-electron chi connectivity index (χ3n) is 4.40. The van der Waals surface area contributed by atoms with Crippen LogP contribution in [-0.2, 0) is 0 Å². The summed E-state index contributed by atoms with van der Waals surface area (Å²) in [5.41, 5.74) is 2.49. The standard InChI is InChI=1S/C21H22N2O3/c1-14-8-10-15(11-9-14)17(23(2)3)13-22-21(25)20-12-18(24)16-6-4-5-7-19(16)26-20/h4-12,17H,13H2,1-3H3,(H,22,25). The molecule has 2 aromatic carbocycles. The van der Waals surface area contributed by atoms with Gasteiger partial charge in [0, 0.05) is 12.6 Å². The molecule has 134 valence electrons. The van der Waals surface area contributed by atoms with Crippen LogP contribution < -0.4 is 10.7 Å². The molecule has 0 saturated carbocycles. The molecule has 0 aliphatic heterocycles. The fourth-order valence-corrected chi connectivity index (χ4v) is 2.88. The van der Waals surface area contributed by atoms with Crippen LogP contribution in [0.3, 0.4) is 0 Å². The maximum atomic E-state index is 12.5. The van der Waals surface area contributed by atoms with Gasteiger partial charge in [-0.1, -0.05) is 42.0 Å². The summed E-state index contributed by atoms with van der Waals surface area (Å²) in [5.74, 6) is -0.373. The van der Waals surface area contributed by atoms with Crippen LogP contribution in [0.15, 0.2) is 63.8 Å². The van der Waals surface area contributed by atoms with Crippen molar-refractivity contribution in [1.82, 2.24) is 10.2 Å². The van der Waals surface area contributed by atoms with Crippen LogP contribution in [0.4, 0.5) is 0 Å². The van der Waals surface area contributed by atoms with E-state index < -0.39 is 5.91 Å². The zero-order chi connectivity index (χ0) is 18.7. The predicted molar refractivity (Wildman–Crippen MR) is 102 cm³/mol. The van der Waals surface area contributed by atoms with E-state index in [2.05, 4.69) is 29.6 Å². The normalized spacial score (nSPS) is 12.3. The second-order valence-corrected chi connectivity index (χ2v) is 6.57. The van der Waals surface area contributed by atoms with Crippen molar-refractivity contribution in [2.75, 3.05) is 20.6 Å². The maximum Gasteiger partial charge on any atom is 0.287 e. The van der Waals surface area contributed by atoms with E-state index in [4.69, 9.17) is 4.42 Å². The molecule has 0 bridgehead atoms. The Labute approximate surface area is 152 Å². The number of aryl methyl sites for hydroxylation is 1. The van der Waals surface area contributed by atoms with Crippen LogP contribution in [-0.4, -0.2) is 31.4 Å². The van der Waals surface area contributed by atoms with Crippen LogP contribution in [0.5, 0.6) is 0 Å². The van der Waals surface area contributed by atoms with Gasteiger partial charge in [-0.15, -0.1) is 0 Å². The molecule has 0 aliphatic carbocycles. The first kappa shape index (κ1) is 17.9. The number of nitrogens with zero attached hydrogens (tertiary/aromatic N) is 1. The lowest BCUT2D eigenvalue weighted by molar-refractivity contribution is 0.0914.